The molecule has 0 aromatic heterocycles. The number of hydrogen-bond acceptors (Lipinski definition) is 3. The minimum Gasteiger partial charge on any atom is -0.348 e. The number of allylic oxidation sites excluding steroid dienone is 4. The van der Waals surface area contributed by atoms with Crippen LogP contribution in [0.25, 0.3) is 11.1 Å². The molecule has 0 spiro atoms. The van der Waals surface area contributed by atoms with Crippen LogP contribution >= 0.6 is 15.9 Å². The highest BCUT2D eigenvalue weighted by Crippen LogP contribution is 2.32. The summed E-state index contributed by atoms with van der Waals surface area (Å²) in [6, 6.07) is 24.7. The lowest BCUT2D eigenvalue weighted by atomic mass is 9.95. The summed E-state index contributed by atoms with van der Waals surface area (Å²) in [6.07, 6.45) is 6.70. The highest BCUT2D eigenvalue weighted by molar-refractivity contribution is 9.10. The molecule has 3 aromatic rings. The second-order valence-corrected chi connectivity index (χ2v) is 8.72. The van der Waals surface area contributed by atoms with Crippen LogP contribution in [0.1, 0.15) is 33.5 Å². The van der Waals surface area contributed by atoms with Crippen molar-refractivity contribution in [2.75, 3.05) is 0 Å². The Kier molecular flexibility index (Phi) is 7.52. The van der Waals surface area contributed by atoms with Crippen LogP contribution in [-0.2, 0) is 11.3 Å². The van der Waals surface area contributed by atoms with Gasteiger partial charge in [0.2, 0.25) is 0 Å². The molecule has 34 heavy (non-hydrogen) atoms. The number of halogens is 1. The Morgan fingerprint density at radius 1 is 0.882 bits per heavy atom. The summed E-state index contributed by atoms with van der Waals surface area (Å²) in [5.41, 5.74) is 7.41. The zero-order valence-corrected chi connectivity index (χ0v) is 19.9. The maximum atomic E-state index is 13.3. The van der Waals surface area contributed by atoms with E-state index < -0.39 is 5.91 Å². The molecule has 3 aromatic carbocycles. The Labute approximate surface area is 206 Å². The quantitative estimate of drug-likeness (QED) is 0.292. The summed E-state index contributed by atoms with van der Waals surface area (Å²) in [7, 11) is 0. The monoisotopic (exact) mass is 514 g/mol. The van der Waals surface area contributed by atoms with Crippen LogP contribution in [0.5, 0.6) is 0 Å². The summed E-state index contributed by atoms with van der Waals surface area (Å²) in [4.78, 5) is 24.8. The van der Waals surface area contributed by atoms with Crippen molar-refractivity contribution in [1.29, 1.82) is 0 Å². The third kappa shape index (κ3) is 5.60. The van der Waals surface area contributed by atoms with Crippen LogP contribution in [-0.4, -0.2) is 17.0 Å². The number of carbonyl (C=O) groups excluding carboxylic acids is 2. The van der Waals surface area contributed by atoms with Gasteiger partial charge in [-0.15, -0.1) is 0 Å². The lowest BCUT2D eigenvalue weighted by molar-refractivity contribution is -0.117. The van der Waals surface area contributed by atoms with E-state index >= 15 is 0 Å². The molecule has 0 unspecified atom stereocenters. The van der Waals surface area contributed by atoms with Gasteiger partial charge in [0.15, 0.2) is 0 Å². The van der Waals surface area contributed by atoms with Crippen LogP contribution < -0.4 is 10.8 Å². The van der Waals surface area contributed by atoms with Gasteiger partial charge in [-0.1, -0.05) is 82.7 Å². The first-order chi connectivity index (χ1) is 16.5. The lowest BCUT2D eigenvalue weighted by Gasteiger charge is -2.12. The predicted molar refractivity (Wildman–Crippen MR) is 137 cm³/mol. The second kappa shape index (κ2) is 10.9. The first-order valence-electron chi connectivity index (χ1n) is 10.8. The van der Waals surface area contributed by atoms with E-state index in [0.717, 1.165) is 32.3 Å². The van der Waals surface area contributed by atoms with E-state index in [1.165, 1.54) is 0 Å². The molecule has 0 saturated heterocycles. The predicted octanol–water partition coefficient (Wildman–Crippen LogP) is 5.68. The molecule has 6 heteroatoms. The molecule has 0 fully saturated rings. The molecular formula is C28H23BrN2O3. The molecular weight excluding hydrogens is 492 g/mol. The highest BCUT2D eigenvalue weighted by atomic mass is 79.9. The highest BCUT2D eigenvalue weighted by Gasteiger charge is 2.17. The van der Waals surface area contributed by atoms with Crippen molar-refractivity contribution in [1.82, 2.24) is 10.8 Å². The Morgan fingerprint density at radius 2 is 1.62 bits per heavy atom. The average molecular weight is 515 g/mol. The molecule has 0 atom stereocenters. The second-order valence-electron chi connectivity index (χ2n) is 7.80. The third-order valence-corrected chi connectivity index (χ3v) is 6.02. The molecule has 0 radical (unpaired) electrons. The molecule has 5 nitrogen and oxygen atoms in total. The van der Waals surface area contributed by atoms with Crippen molar-refractivity contribution in [2.45, 2.75) is 13.0 Å². The molecule has 1 aliphatic rings. The van der Waals surface area contributed by atoms with Crippen LogP contribution in [0.15, 0.2) is 107 Å². The normalized spacial score (nSPS) is 13.2. The molecule has 0 bridgehead atoms. The lowest BCUT2D eigenvalue weighted by Crippen LogP contribution is -2.24. The van der Waals surface area contributed by atoms with Gasteiger partial charge in [-0.25, -0.2) is 5.48 Å². The van der Waals surface area contributed by atoms with Crippen molar-refractivity contribution in [2.24, 2.45) is 0 Å². The molecule has 170 valence electrons. The number of carbonyl (C=O) groups is 2. The Hall–Kier alpha value is -3.74. The van der Waals surface area contributed by atoms with Gasteiger partial charge in [0, 0.05) is 22.2 Å². The fourth-order valence-electron chi connectivity index (χ4n) is 3.77. The van der Waals surface area contributed by atoms with Gasteiger partial charge in [-0.3, -0.25) is 14.8 Å². The van der Waals surface area contributed by atoms with Gasteiger partial charge in [0.25, 0.3) is 11.8 Å². The van der Waals surface area contributed by atoms with Crippen LogP contribution in [0.3, 0.4) is 0 Å². The van der Waals surface area contributed by atoms with Gasteiger partial charge in [0.1, 0.15) is 0 Å². The van der Waals surface area contributed by atoms with Gasteiger partial charge in [-0.2, -0.15) is 0 Å². The fraction of sp³-hybridized carbons (Fsp3) is 0.0714. The topological polar surface area (TPSA) is 78.4 Å². The van der Waals surface area contributed by atoms with E-state index in [1.54, 1.807) is 29.7 Å². The van der Waals surface area contributed by atoms with Crippen molar-refractivity contribution in [3.63, 3.8) is 0 Å². The van der Waals surface area contributed by atoms with Crippen molar-refractivity contribution < 1.29 is 14.8 Å². The molecule has 0 aliphatic heterocycles. The summed E-state index contributed by atoms with van der Waals surface area (Å²) in [6.45, 7) is 0.304. The molecule has 3 N–H and O–H groups in total. The minimum absolute atomic E-state index is 0.186. The van der Waals surface area contributed by atoms with Gasteiger partial charge in [-0.05, 0) is 64.6 Å². The number of hydroxylamine groups is 1. The first kappa shape index (κ1) is 23.4. The molecule has 0 heterocycles. The van der Waals surface area contributed by atoms with Crippen LogP contribution in [0, 0.1) is 0 Å². The van der Waals surface area contributed by atoms with Crippen molar-refractivity contribution in [3.8, 4) is 0 Å². The van der Waals surface area contributed by atoms with E-state index in [2.05, 4.69) is 39.5 Å². The number of benzene rings is 3. The SMILES string of the molecule is O=C(NCc1ccc(C(=O)NO)cc1)C1=C(c2cccc(Br)c2)C=C(c2ccccc2)CC=C1. The molecule has 0 saturated carbocycles. The smallest absolute Gasteiger partial charge is 0.274 e. The maximum Gasteiger partial charge on any atom is 0.274 e. The van der Waals surface area contributed by atoms with E-state index in [-0.39, 0.29) is 5.91 Å². The zero-order chi connectivity index (χ0) is 23.9. The zero-order valence-electron chi connectivity index (χ0n) is 18.3. The van der Waals surface area contributed by atoms with E-state index in [4.69, 9.17) is 5.21 Å². The van der Waals surface area contributed by atoms with Crippen molar-refractivity contribution in [3.05, 3.63) is 129 Å². The van der Waals surface area contributed by atoms with Crippen LogP contribution in [0.2, 0.25) is 0 Å². The number of amides is 2. The third-order valence-electron chi connectivity index (χ3n) is 5.53. The Morgan fingerprint density at radius 3 is 2.32 bits per heavy atom. The standard InChI is InChI=1S/C28H23BrN2O3/c29-24-10-4-9-23(16-24)26-17-22(20-6-2-1-3-7-20)8-5-11-25(26)28(33)30-18-19-12-14-21(15-13-19)27(32)31-34/h1-7,9-17,34H,8,18H2,(H,30,33)(H,31,32). The van der Waals surface area contributed by atoms with Crippen molar-refractivity contribution >= 4 is 38.9 Å². The van der Waals surface area contributed by atoms with E-state index in [0.29, 0.717) is 24.1 Å². The number of hydrogen-bond donors (Lipinski definition) is 3. The Bertz CT molecular complexity index is 1290. The Balaban J connectivity index is 1.65. The number of rotatable bonds is 6. The van der Waals surface area contributed by atoms with Gasteiger partial charge >= 0.3 is 0 Å². The largest absolute Gasteiger partial charge is 0.348 e. The average Bonchev–Trinajstić information content (AvgIpc) is 3.11. The molecule has 4 rings (SSSR count). The van der Waals surface area contributed by atoms with Gasteiger partial charge in [0.05, 0.1) is 0 Å². The maximum absolute atomic E-state index is 13.3. The summed E-state index contributed by atoms with van der Waals surface area (Å²) >= 11 is 3.54. The minimum atomic E-state index is -0.580. The summed E-state index contributed by atoms with van der Waals surface area (Å²) in [5.74, 6) is -0.766. The number of nitrogens with one attached hydrogen (secondary N) is 2. The van der Waals surface area contributed by atoms with Crippen LogP contribution in [0.4, 0.5) is 0 Å². The van der Waals surface area contributed by atoms with E-state index in [9.17, 15) is 9.59 Å². The fourth-order valence-corrected chi connectivity index (χ4v) is 4.17. The summed E-state index contributed by atoms with van der Waals surface area (Å²) in [5, 5.41) is 11.7. The molecule has 1 aliphatic carbocycles. The molecule has 2 amide bonds. The van der Waals surface area contributed by atoms with E-state index in [1.807, 2.05) is 54.6 Å². The first-order valence-corrected chi connectivity index (χ1v) is 11.6. The summed E-state index contributed by atoms with van der Waals surface area (Å²) < 4.78 is 0.937. The van der Waals surface area contributed by atoms with Gasteiger partial charge < -0.3 is 5.32 Å².